The van der Waals surface area contributed by atoms with Crippen molar-refractivity contribution < 1.29 is 14.2 Å². The lowest BCUT2D eigenvalue weighted by atomic mass is 9.96. The normalized spacial score (nSPS) is 24.1. The zero-order chi connectivity index (χ0) is 13.8. The van der Waals surface area contributed by atoms with Gasteiger partial charge in [0.05, 0.1) is 18.8 Å². The molecule has 1 N–H and O–H groups in total. The summed E-state index contributed by atoms with van der Waals surface area (Å²) < 4.78 is 19.1. The van der Waals surface area contributed by atoms with Gasteiger partial charge in [-0.15, -0.1) is 0 Å². The van der Waals surface area contributed by atoms with Crippen molar-refractivity contribution >= 4 is 0 Å². The van der Waals surface area contributed by atoms with Crippen LogP contribution in [0.1, 0.15) is 25.5 Å². The van der Waals surface area contributed by atoms with Crippen LogP contribution in [0, 0.1) is 11.7 Å². The lowest BCUT2D eigenvalue weighted by Gasteiger charge is -2.34. The molecule has 1 aliphatic rings. The third-order valence-electron chi connectivity index (χ3n) is 3.63. The quantitative estimate of drug-likeness (QED) is 0.908. The van der Waals surface area contributed by atoms with Crippen LogP contribution in [0.25, 0.3) is 0 Å². The minimum Gasteiger partial charge on any atom is -0.388 e. The fourth-order valence-electron chi connectivity index (χ4n) is 2.59. The molecule has 3 unspecified atom stereocenters. The SMILES string of the molecule is CC1CN(CC(C)C(O)c2ccccc2F)CCO1. The van der Waals surface area contributed by atoms with E-state index in [9.17, 15) is 9.50 Å². The van der Waals surface area contributed by atoms with Crippen LogP contribution >= 0.6 is 0 Å². The lowest BCUT2D eigenvalue weighted by molar-refractivity contribution is -0.0305. The summed E-state index contributed by atoms with van der Waals surface area (Å²) in [6.07, 6.45) is -0.536. The van der Waals surface area contributed by atoms with E-state index in [-0.39, 0.29) is 17.8 Å². The van der Waals surface area contributed by atoms with E-state index in [1.165, 1.54) is 6.07 Å². The third-order valence-corrected chi connectivity index (χ3v) is 3.63. The number of hydrogen-bond acceptors (Lipinski definition) is 3. The van der Waals surface area contributed by atoms with Crippen LogP contribution in [0.3, 0.4) is 0 Å². The minimum absolute atomic E-state index is 0.0119. The van der Waals surface area contributed by atoms with Gasteiger partial charge in [-0.05, 0) is 18.9 Å². The second-order valence-electron chi connectivity index (χ2n) is 5.38. The highest BCUT2D eigenvalue weighted by Gasteiger charge is 2.24. The molecule has 1 saturated heterocycles. The van der Waals surface area contributed by atoms with Crippen molar-refractivity contribution in [2.45, 2.75) is 26.1 Å². The van der Waals surface area contributed by atoms with E-state index in [1.54, 1.807) is 18.2 Å². The van der Waals surface area contributed by atoms with Crippen LogP contribution in [-0.4, -0.2) is 42.4 Å². The van der Waals surface area contributed by atoms with Crippen LogP contribution in [0.5, 0.6) is 0 Å². The summed E-state index contributed by atoms with van der Waals surface area (Å²) >= 11 is 0. The van der Waals surface area contributed by atoms with E-state index in [2.05, 4.69) is 4.90 Å². The lowest BCUT2D eigenvalue weighted by Crippen LogP contribution is -2.43. The van der Waals surface area contributed by atoms with Gasteiger partial charge in [0, 0.05) is 25.2 Å². The average Bonchev–Trinajstić information content (AvgIpc) is 2.38. The number of nitrogens with zero attached hydrogens (tertiary/aromatic N) is 1. The third kappa shape index (κ3) is 3.75. The molecule has 0 spiro atoms. The van der Waals surface area contributed by atoms with E-state index in [0.717, 1.165) is 26.2 Å². The largest absolute Gasteiger partial charge is 0.388 e. The summed E-state index contributed by atoms with van der Waals surface area (Å²) in [7, 11) is 0. The van der Waals surface area contributed by atoms with Crippen molar-refractivity contribution in [3.05, 3.63) is 35.6 Å². The molecule has 0 radical (unpaired) electrons. The van der Waals surface area contributed by atoms with Gasteiger partial charge >= 0.3 is 0 Å². The second-order valence-corrected chi connectivity index (χ2v) is 5.38. The number of rotatable bonds is 4. The fraction of sp³-hybridized carbons (Fsp3) is 0.600. The maximum atomic E-state index is 13.6. The Kier molecular flexibility index (Phi) is 4.91. The number of hydrogen-bond donors (Lipinski definition) is 1. The van der Waals surface area contributed by atoms with Crippen molar-refractivity contribution in [3.8, 4) is 0 Å². The number of aliphatic hydroxyl groups is 1. The molecule has 4 heteroatoms. The first-order valence-electron chi connectivity index (χ1n) is 6.84. The predicted octanol–water partition coefficient (Wildman–Crippen LogP) is 2.22. The molecule has 2 rings (SSSR count). The van der Waals surface area contributed by atoms with Gasteiger partial charge in [-0.2, -0.15) is 0 Å². The molecule has 1 fully saturated rings. The van der Waals surface area contributed by atoms with Gasteiger partial charge in [0.15, 0.2) is 0 Å². The monoisotopic (exact) mass is 267 g/mol. The number of ether oxygens (including phenoxy) is 1. The Morgan fingerprint density at radius 1 is 1.47 bits per heavy atom. The zero-order valence-corrected chi connectivity index (χ0v) is 11.6. The summed E-state index contributed by atoms with van der Waals surface area (Å²) in [5.41, 5.74) is 0.385. The zero-order valence-electron chi connectivity index (χ0n) is 11.6. The average molecular weight is 267 g/mol. The molecule has 3 atom stereocenters. The highest BCUT2D eigenvalue weighted by atomic mass is 19.1. The van der Waals surface area contributed by atoms with E-state index in [1.807, 2.05) is 13.8 Å². The highest BCUT2D eigenvalue weighted by molar-refractivity contribution is 5.20. The molecule has 1 aliphatic heterocycles. The summed E-state index contributed by atoms with van der Waals surface area (Å²) in [6.45, 7) is 7.22. The van der Waals surface area contributed by atoms with Gasteiger partial charge in [0.1, 0.15) is 5.82 Å². The van der Waals surface area contributed by atoms with Crippen molar-refractivity contribution in [2.24, 2.45) is 5.92 Å². The molecule has 1 aromatic rings. The molecule has 0 saturated carbocycles. The molecule has 0 amide bonds. The smallest absolute Gasteiger partial charge is 0.129 e. The number of benzene rings is 1. The molecule has 3 nitrogen and oxygen atoms in total. The Balaban J connectivity index is 1.95. The first-order chi connectivity index (χ1) is 9.08. The topological polar surface area (TPSA) is 32.7 Å². The van der Waals surface area contributed by atoms with E-state index >= 15 is 0 Å². The van der Waals surface area contributed by atoms with Crippen LogP contribution < -0.4 is 0 Å². The summed E-state index contributed by atoms with van der Waals surface area (Å²) in [5.74, 6) is -0.348. The van der Waals surface area contributed by atoms with Crippen molar-refractivity contribution in [2.75, 3.05) is 26.2 Å². The molecule has 19 heavy (non-hydrogen) atoms. The van der Waals surface area contributed by atoms with E-state index < -0.39 is 6.10 Å². The van der Waals surface area contributed by atoms with Crippen LogP contribution in [0.15, 0.2) is 24.3 Å². The molecule has 0 aromatic heterocycles. The maximum absolute atomic E-state index is 13.6. The first kappa shape index (κ1) is 14.4. The molecule has 0 aliphatic carbocycles. The highest BCUT2D eigenvalue weighted by Crippen LogP contribution is 2.25. The fourth-order valence-corrected chi connectivity index (χ4v) is 2.59. The van der Waals surface area contributed by atoms with Gasteiger partial charge in [-0.25, -0.2) is 4.39 Å². The van der Waals surface area contributed by atoms with E-state index in [0.29, 0.717) is 5.56 Å². The Hall–Kier alpha value is -0.970. The number of halogens is 1. The first-order valence-corrected chi connectivity index (χ1v) is 6.84. The van der Waals surface area contributed by atoms with Crippen LogP contribution in [0.4, 0.5) is 4.39 Å². The minimum atomic E-state index is -0.764. The molecular weight excluding hydrogens is 245 g/mol. The van der Waals surface area contributed by atoms with Crippen LogP contribution in [0.2, 0.25) is 0 Å². The summed E-state index contributed by atoms with van der Waals surface area (Å²) in [4.78, 5) is 2.27. The van der Waals surface area contributed by atoms with Crippen molar-refractivity contribution in [1.82, 2.24) is 4.90 Å². The van der Waals surface area contributed by atoms with E-state index in [4.69, 9.17) is 4.74 Å². The Bertz CT molecular complexity index is 413. The number of morpholine rings is 1. The Labute approximate surface area is 114 Å². The van der Waals surface area contributed by atoms with Gasteiger partial charge in [0.25, 0.3) is 0 Å². The molecule has 1 aromatic carbocycles. The standard InChI is InChI=1S/C15H22FNO2/c1-11(9-17-7-8-19-12(2)10-17)15(18)13-5-3-4-6-14(13)16/h3-6,11-12,15,18H,7-10H2,1-2H3. The summed E-state index contributed by atoms with van der Waals surface area (Å²) in [5, 5.41) is 10.3. The van der Waals surface area contributed by atoms with Crippen molar-refractivity contribution in [1.29, 1.82) is 0 Å². The predicted molar refractivity (Wildman–Crippen MR) is 72.4 cm³/mol. The van der Waals surface area contributed by atoms with Crippen LogP contribution in [-0.2, 0) is 4.74 Å². The summed E-state index contributed by atoms with van der Waals surface area (Å²) in [6, 6.07) is 6.44. The van der Waals surface area contributed by atoms with Gasteiger partial charge in [0.2, 0.25) is 0 Å². The molecule has 0 bridgehead atoms. The van der Waals surface area contributed by atoms with Crippen molar-refractivity contribution in [3.63, 3.8) is 0 Å². The second kappa shape index (κ2) is 6.46. The van der Waals surface area contributed by atoms with Gasteiger partial charge in [-0.3, -0.25) is 4.90 Å². The molecule has 1 heterocycles. The molecular formula is C15H22FNO2. The van der Waals surface area contributed by atoms with Gasteiger partial charge < -0.3 is 9.84 Å². The molecule has 106 valence electrons. The number of aliphatic hydroxyl groups excluding tert-OH is 1. The Morgan fingerprint density at radius 2 is 2.21 bits per heavy atom. The van der Waals surface area contributed by atoms with Gasteiger partial charge in [-0.1, -0.05) is 25.1 Å². The maximum Gasteiger partial charge on any atom is 0.129 e. The Morgan fingerprint density at radius 3 is 2.89 bits per heavy atom.